The molecule has 0 saturated heterocycles. The van der Waals surface area contributed by atoms with Crippen LogP contribution in [0.3, 0.4) is 0 Å². The second-order valence-electron chi connectivity index (χ2n) is 15.4. The number of hydrogen-bond donors (Lipinski definition) is 2. The van der Waals surface area contributed by atoms with Crippen LogP contribution < -0.4 is 10.6 Å². The van der Waals surface area contributed by atoms with Crippen molar-refractivity contribution in [3.63, 3.8) is 0 Å². The van der Waals surface area contributed by atoms with Gasteiger partial charge in [-0.2, -0.15) is 0 Å². The molecule has 0 unspecified atom stereocenters. The predicted octanol–water partition coefficient (Wildman–Crippen LogP) is 11.5. The van der Waals surface area contributed by atoms with E-state index in [-0.39, 0.29) is 11.8 Å². The lowest BCUT2D eigenvalue weighted by atomic mass is 10.0. The van der Waals surface area contributed by atoms with E-state index in [0.29, 0.717) is 12.8 Å². The molecule has 0 radical (unpaired) electrons. The molecular formula is C43H90N4O2. The molecule has 2 N–H and O–H groups in total. The third kappa shape index (κ3) is 49.0. The lowest BCUT2D eigenvalue weighted by molar-refractivity contribution is -0.122. The molecule has 0 aromatic carbocycles. The van der Waals surface area contributed by atoms with E-state index in [2.05, 4.69) is 48.4 Å². The Labute approximate surface area is 308 Å². The average Bonchev–Trinajstić information content (AvgIpc) is 3.07. The lowest BCUT2D eigenvalue weighted by Crippen LogP contribution is -2.31. The predicted molar refractivity (Wildman–Crippen MR) is 218 cm³/mol. The molecule has 0 saturated carbocycles. The van der Waals surface area contributed by atoms with Crippen LogP contribution in [0.25, 0.3) is 0 Å². The van der Waals surface area contributed by atoms with Crippen LogP contribution in [0.4, 0.5) is 0 Å². The maximum atomic E-state index is 11.7. The van der Waals surface area contributed by atoms with Crippen molar-refractivity contribution >= 4 is 11.8 Å². The number of carbonyl (C=O) groups excluding carboxylic acids is 2. The molecule has 0 heterocycles. The molecule has 0 aliphatic heterocycles. The molecule has 0 aliphatic rings. The maximum absolute atomic E-state index is 11.7. The number of unbranched alkanes of at least 4 members (excludes halogenated alkanes) is 26. The Morgan fingerprint density at radius 1 is 0.347 bits per heavy atom. The van der Waals surface area contributed by atoms with Gasteiger partial charge in [0.15, 0.2) is 0 Å². The highest BCUT2D eigenvalue weighted by atomic mass is 16.2. The molecule has 0 spiro atoms. The Morgan fingerprint density at radius 2 is 0.612 bits per heavy atom. The SMILES string of the molecule is CCCCCCCCCCCCCCCC(=O)NCCCN(C)C.CCCCCCCCCCCCCCCCCC(=O)NCCN(C)C. The van der Waals surface area contributed by atoms with Crippen LogP contribution in [-0.4, -0.2) is 76.0 Å². The molecule has 0 atom stereocenters. The van der Waals surface area contributed by atoms with Gasteiger partial charge in [-0.25, -0.2) is 0 Å². The van der Waals surface area contributed by atoms with Crippen molar-refractivity contribution in [1.29, 1.82) is 0 Å². The summed E-state index contributed by atoms with van der Waals surface area (Å²) in [6, 6.07) is 0. The van der Waals surface area contributed by atoms with E-state index in [1.54, 1.807) is 0 Å². The molecule has 0 aromatic heterocycles. The number of nitrogens with one attached hydrogen (secondary N) is 2. The topological polar surface area (TPSA) is 64.7 Å². The summed E-state index contributed by atoms with van der Waals surface area (Å²) in [5.41, 5.74) is 0. The van der Waals surface area contributed by atoms with Gasteiger partial charge in [0.05, 0.1) is 0 Å². The van der Waals surface area contributed by atoms with Gasteiger partial charge in [0.25, 0.3) is 0 Å². The van der Waals surface area contributed by atoms with E-state index in [4.69, 9.17) is 0 Å². The minimum atomic E-state index is 0.219. The van der Waals surface area contributed by atoms with Crippen LogP contribution in [0.1, 0.15) is 213 Å². The Bertz CT molecular complexity index is 656. The lowest BCUT2D eigenvalue weighted by Gasteiger charge is -2.10. The third-order valence-electron chi connectivity index (χ3n) is 9.50. The summed E-state index contributed by atoms with van der Waals surface area (Å²) in [5, 5.41) is 6.00. The number of carbonyl (C=O) groups is 2. The minimum absolute atomic E-state index is 0.219. The number of likely N-dealkylation sites (N-methyl/N-ethyl adjacent to an activating group) is 1. The van der Waals surface area contributed by atoms with Gasteiger partial charge in [0.1, 0.15) is 0 Å². The largest absolute Gasteiger partial charge is 0.356 e. The van der Waals surface area contributed by atoms with Crippen molar-refractivity contribution in [3.05, 3.63) is 0 Å². The van der Waals surface area contributed by atoms with Crippen LogP contribution >= 0.6 is 0 Å². The zero-order chi connectivity index (χ0) is 36.5. The molecule has 2 amide bonds. The van der Waals surface area contributed by atoms with Crippen LogP contribution in [0.5, 0.6) is 0 Å². The molecule has 294 valence electrons. The van der Waals surface area contributed by atoms with Gasteiger partial charge in [0, 0.05) is 32.5 Å². The summed E-state index contributed by atoms with van der Waals surface area (Å²) in [6.07, 6.45) is 40.6. The highest BCUT2D eigenvalue weighted by molar-refractivity contribution is 5.76. The fourth-order valence-electron chi connectivity index (χ4n) is 6.18. The quantitative estimate of drug-likeness (QED) is 0.0635. The zero-order valence-electron chi connectivity index (χ0n) is 34.5. The van der Waals surface area contributed by atoms with Crippen molar-refractivity contribution < 1.29 is 9.59 Å². The van der Waals surface area contributed by atoms with E-state index < -0.39 is 0 Å². The van der Waals surface area contributed by atoms with Gasteiger partial charge in [0.2, 0.25) is 11.8 Å². The minimum Gasteiger partial charge on any atom is -0.356 e. The van der Waals surface area contributed by atoms with Gasteiger partial charge in [-0.15, -0.1) is 0 Å². The highest BCUT2D eigenvalue weighted by Gasteiger charge is 2.02. The molecule has 0 bridgehead atoms. The summed E-state index contributed by atoms with van der Waals surface area (Å²) in [7, 11) is 8.19. The number of rotatable bonds is 37. The van der Waals surface area contributed by atoms with Gasteiger partial charge in [-0.3, -0.25) is 9.59 Å². The van der Waals surface area contributed by atoms with Crippen molar-refractivity contribution in [2.75, 3.05) is 54.4 Å². The van der Waals surface area contributed by atoms with Gasteiger partial charge in [-0.1, -0.05) is 181 Å². The van der Waals surface area contributed by atoms with Crippen LogP contribution in [0.2, 0.25) is 0 Å². The van der Waals surface area contributed by atoms with Gasteiger partial charge >= 0.3 is 0 Å². The second-order valence-corrected chi connectivity index (χ2v) is 15.4. The van der Waals surface area contributed by atoms with Gasteiger partial charge in [-0.05, 0) is 54.0 Å². The summed E-state index contributed by atoms with van der Waals surface area (Å²) in [4.78, 5) is 27.5. The number of nitrogens with zero attached hydrogens (tertiary/aromatic N) is 2. The normalized spacial score (nSPS) is 11.2. The molecular weight excluding hydrogens is 604 g/mol. The molecule has 0 fully saturated rings. The van der Waals surface area contributed by atoms with Crippen molar-refractivity contribution in [1.82, 2.24) is 20.4 Å². The van der Waals surface area contributed by atoms with E-state index in [1.807, 2.05) is 14.1 Å². The Hall–Kier alpha value is -1.14. The first kappa shape index (κ1) is 50.0. The second kappa shape index (κ2) is 43.0. The summed E-state index contributed by atoms with van der Waals surface area (Å²) in [5.74, 6) is 0.452. The van der Waals surface area contributed by atoms with E-state index >= 15 is 0 Å². The van der Waals surface area contributed by atoms with Crippen molar-refractivity contribution in [3.8, 4) is 0 Å². The molecule has 6 nitrogen and oxygen atoms in total. The summed E-state index contributed by atoms with van der Waals surface area (Å²) < 4.78 is 0. The van der Waals surface area contributed by atoms with Crippen LogP contribution in [0, 0.1) is 0 Å². The number of hydrogen-bond acceptors (Lipinski definition) is 4. The number of amides is 2. The fraction of sp³-hybridized carbons (Fsp3) is 0.953. The molecule has 0 aliphatic carbocycles. The van der Waals surface area contributed by atoms with E-state index in [0.717, 1.165) is 45.4 Å². The average molecular weight is 695 g/mol. The first-order valence-electron chi connectivity index (χ1n) is 21.7. The molecule has 0 rings (SSSR count). The van der Waals surface area contributed by atoms with E-state index in [9.17, 15) is 9.59 Å². The van der Waals surface area contributed by atoms with Crippen LogP contribution in [0.15, 0.2) is 0 Å². The standard InChI is InChI=1S/C22H46N2O.C21H44N2O/c1-4-5-6-7-8-9-10-11-12-13-14-15-16-17-18-19-22(25)23-20-21-24(2)3;1-4-5-6-7-8-9-10-11-12-13-14-15-16-18-21(24)22-19-17-20-23(2)3/h4-21H2,1-3H3,(H,23,25);4-20H2,1-3H3,(H,22,24). The smallest absolute Gasteiger partial charge is 0.220 e. The zero-order valence-corrected chi connectivity index (χ0v) is 34.5. The first-order valence-corrected chi connectivity index (χ1v) is 21.7. The monoisotopic (exact) mass is 695 g/mol. The Morgan fingerprint density at radius 3 is 0.898 bits per heavy atom. The Balaban J connectivity index is 0. The Kier molecular flexibility index (Phi) is 43.9. The van der Waals surface area contributed by atoms with Gasteiger partial charge < -0.3 is 20.4 Å². The fourth-order valence-corrected chi connectivity index (χ4v) is 6.18. The first-order chi connectivity index (χ1) is 23.8. The highest BCUT2D eigenvalue weighted by Crippen LogP contribution is 2.14. The summed E-state index contributed by atoms with van der Waals surface area (Å²) >= 11 is 0. The summed E-state index contributed by atoms with van der Waals surface area (Å²) in [6.45, 7) is 8.10. The third-order valence-corrected chi connectivity index (χ3v) is 9.50. The molecule has 0 aromatic rings. The van der Waals surface area contributed by atoms with E-state index in [1.165, 1.54) is 167 Å². The maximum Gasteiger partial charge on any atom is 0.220 e. The molecule has 49 heavy (non-hydrogen) atoms. The molecule has 6 heteroatoms. The van der Waals surface area contributed by atoms with Crippen molar-refractivity contribution in [2.45, 2.75) is 213 Å². The van der Waals surface area contributed by atoms with Crippen LogP contribution in [-0.2, 0) is 9.59 Å². The van der Waals surface area contributed by atoms with Crippen molar-refractivity contribution in [2.24, 2.45) is 0 Å².